The van der Waals surface area contributed by atoms with Gasteiger partial charge in [0, 0.05) is 17.8 Å². The minimum Gasteiger partial charge on any atom is -0.481 e. The van der Waals surface area contributed by atoms with E-state index in [9.17, 15) is 0 Å². The summed E-state index contributed by atoms with van der Waals surface area (Å²) in [6.45, 7) is 1.97. The average molecular weight is 256 g/mol. The zero-order valence-corrected chi connectivity index (χ0v) is 10.5. The predicted molar refractivity (Wildman–Crippen MR) is 69.7 cm³/mol. The molecule has 0 saturated heterocycles. The molecule has 0 aliphatic heterocycles. The maximum absolute atomic E-state index is 5.60. The van der Waals surface area contributed by atoms with Gasteiger partial charge in [-0.15, -0.1) is 0 Å². The third-order valence-corrected chi connectivity index (χ3v) is 2.87. The van der Waals surface area contributed by atoms with E-state index in [0.717, 1.165) is 16.8 Å². The second-order valence-corrected chi connectivity index (χ2v) is 4.03. The van der Waals surface area contributed by atoms with Crippen molar-refractivity contribution in [3.63, 3.8) is 0 Å². The van der Waals surface area contributed by atoms with Crippen LogP contribution in [0.4, 0.5) is 5.95 Å². The van der Waals surface area contributed by atoms with E-state index < -0.39 is 0 Å². The molecule has 3 aromatic rings. The number of aryl methyl sites for hydroxylation is 1. The molecule has 3 rings (SSSR count). The Bertz CT molecular complexity index is 751. The molecule has 7 nitrogen and oxygen atoms in total. The van der Waals surface area contributed by atoms with Gasteiger partial charge in [0.15, 0.2) is 0 Å². The van der Waals surface area contributed by atoms with Gasteiger partial charge in [-0.25, -0.2) is 19.5 Å². The SMILES string of the molecule is COc1cc2c(C)c(-c3ccnc(N)n3)nn2cn1. The highest BCUT2D eigenvalue weighted by Crippen LogP contribution is 2.25. The lowest BCUT2D eigenvalue weighted by atomic mass is 10.2. The molecule has 0 atom stereocenters. The fourth-order valence-corrected chi connectivity index (χ4v) is 1.92. The Morgan fingerprint density at radius 3 is 2.89 bits per heavy atom. The van der Waals surface area contributed by atoms with Crippen molar-refractivity contribution < 1.29 is 4.74 Å². The van der Waals surface area contributed by atoms with Crippen LogP contribution in [0.2, 0.25) is 0 Å². The topological polar surface area (TPSA) is 91.2 Å². The molecule has 2 N–H and O–H groups in total. The number of aromatic nitrogens is 5. The molecule has 0 spiro atoms. The van der Waals surface area contributed by atoms with Gasteiger partial charge in [-0.1, -0.05) is 0 Å². The zero-order valence-electron chi connectivity index (χ0n) is 10.5. The molecule has 0 bridgehead atoms. The lowest BCUT2D eigenvalue weighted by molar-refractivity contribution is 0.397. The van der Waals surface area contributed by atoms with Gasteiger partial charge < -0.3 is 10.5 Å². The van der Waals surface area contributed by atoms with Crippen LogP contribution in [0.25, 0.3) is 16.9 Å². The van der Waals surface area contributed by atoms with Crippen LogP contribution < -0.4 is 10.5 Å². The third-order valence-electron chi connectivity index (χ3n) is 2.87. The van der Waals surface area contributed by atoms with E-state index in [-0.39, 0.29) is 5.95 Å². The molecule has 3 heterocycles. The molecule has 19 heavy (non-hydrogen) atoms. The zero-order chi connectivity index (χ0) is 13.4. The summed E-state index contributed by atoms with van der Waals surface area (Å²) >= 11 is 0. The number of nitrogens with two attached hydrogens (primary N) is 1. The largest absolute Gasteiger partial charge is 0.481 e. The molecule has 0 radical (unpaired) electrons. The maximum atomic E-state index is 5.60. The fourth-order valence-electron chi connectivity index (χ4n) is 1.92. The van der Waals surface area contributed by atoms with Crippen LogP contribution in [0.1, 0.15) is 5.56 Å². The molecular weight excluding hydrogens is 244 g/mol. The van der Waals surface area contributed by atoms with Gasteiger partial charge in [0.1, 0.15) is 12.0 Å². The van der Waals surface area contributed by atoms with Gasteiger partial charge in [-0.2, -0.15) is 5.10 Å². The van der Waals surface area contributed by atoms with Crippen LogP contribution >= 0.6 is 0 Å². The second kappa shape index (κ2) is 4.20. The van der Waals surface area contributed by atoms with E-state index >= 15 is 0 Å². The Morgan fingerprint density at radius 2 is 2.16 bits per heavy atom. The van der Waals surface area contributed by atoms with E-state index in [1.54, 1.807) is 30.2 Å². The Morgan fingerprint density at radius 1 is 1.32 bits per heavy atom. The number of hydrogen-bond acceptors (Lipinski definition) is 6. The smallest absolute Gasteiger partial charge is 0.220 e. The van der Waals surface area contributed by atoms with Crippen molar-refractivity contribution in [1.29, 1.82) is 0 Å². The summed E-state index contributed by atoms with van der Waals surface area (Å²) < 4.78 is 6.80. The van der Waals surface area contributed by atoms with E-state index in [1.807, 2.05) is 13.0 Å². The third kappa shape index (κ3) is 1.85. The first-order chi connectivity index (χ1) is 9.19. The minimum atomic E-state index is 0.227. The van der Waals surface area contributed by atoms with Gasteiger partial charge in [0.05, 0.1) is 18.3 Å². The summed E-state index contributed by atoms with van der Waals surface area (Å²) in [7, 11) is 1.58. The molecule has 0 aromatic carbocycles. The molecule has 0 unspecified atom stereocenters. The van der Waals surface area contributed by atoms with Crippen molar-refractivity contribution in [2.45, 2.75) is 6.92 Å². The monoisotopic (exact) mass is 256 g/mol. The first kappa shape index (κ1) is 11.4. The molecular formula is C12H12N6O. The van der Waals surface area contributed by atoms with Crippen LogP contribution in [0, 0.1) is 6.92 Å². The molecule has 7 heteroatoms. The van der Waals surface area contributed by atoms with Crippen LogP contribution in [0.5, 0.6) is 5.88 Å². The lowest BCUT2D eigenvalue weighted by Gasteiger charge is -1.98. The predicted octanol–water partition coefficient (Wildman–Crippen LogP) is 1.09. The van der Waals surface area contributed by atoms with Crippen LogP contribution in [-0.4, -0.2) is 31.7 Å². The van der Waals surface area contributed by atoms with E-state index in [2.05, 4.69) is 20.1 Å². The Labute approximate surface area is 109 Å². The van der Waals surface area contributed by atoms with E-state index in [4.69, 9.17) is 10.5 Å². The highest BCUT2D eigenvalue weighted by atomic mass is 16.5. The fraction of sp³-hybridized carbons (Fsp3) is 0.167. The highest BCUT2D eigenvalue weighted by molar-refractivity contribution is 5.70. The summed E-state index contributed by atoms with van der Waals surface area (Å²) in [5.74, 6) is 0.772. The Balaban J connectivity index is 2.22. The summed E-state index contributed by atoms with van der Waals surface area (Å²) in [6.07, 6.45) is 3.22. The van der Waals surface area contributed by atoms with Crippen molar-refractivity contribution in [2.24, 2.45) is 0 Å². The molecule has 96 valence electrons. The number of fused-ring (bicyclic) bond motifs is 1. The Kier molecular flexibility index (Phi) is 2.52. The second-order valence-electron chi connectivity index (χ2n) is 4.03. The number of methoxy groups -OCH3 is 1. The molecule has 0 aliphatic carbocycles. The van der Waals surface area contributed by atoms with Crippen LogP contribution in [0.15, 0.2) is 24.7 Å². The van der Waals surface area contributed by atoms with Crippen molar-refractivity contribution in [2.75, 3.05) is 12.8 Å². The number of rotatable bonds is 2. The number of nitrogen functional groups attached to an aromatic ring is 1. The summed E-state index contributed by atoms with van der Waals surface area (Å²) in [4.78, 5) is 12.2. The van der Waals surface area contributed by atoms with Crippen molar-refractivity contribution in [3.05, 3.63) is 30.2 Å². The number of nitrogens with zero attached hydrogens (tertiary/aromatic N) is 5. The molecule has 0 aliphatic rings. The van der Waals surface area contributed by atoms with E-state index in [1.165, 1.54) is 0 Å². The average Bonchev–Trinajstić information content (AvgIpc) is 2.76. The Hall–Kier alpha value is -2.70. The molecule has 3 aromatic heterocycles. The van der Waals surface area contributed by atoms with Gasteiger partial charge >= 0.3 is 0 Å². The molecule has 0 saturated carbocycles. The van der Waals surface area contributed by atoms with Crippen LogP contribution in [0.3, 0.4) is 0 Å². The van der Waals surface area contributed by atoms with Crippen molar-refractivity contribution in [1.82, 2.24) is 24.6 Å². The molecule has 0 fully saturated rings. The van der Waals surface area contributed by atoms with E-state index in [0.29, 0.717) is 11.6 Å². The minimum absolute atomic E-state index is 0.227. The molecule has 0 amide bonds. The van der Waals surface area contributed by atoms with Crippen molar-refractivity contribution >= 4 is 11.5 Å². The maximum Gasteiger partial charge on any atom is 0.220 e. The number of hydrogen-bond donors (Lipinski definition) is 1. The summed E-state index contributed by atoms with van der Waals surface area (Å²) in [6, 6.07) is 3.60. The first-order valence-electron chi connectivity index (χ1n) is 5.67. The van der Waals surface area contributed by atoms with Crippen LogP contribution in [-0.2, 0) is 0 Å². The number of anilines is 1. The van der Waals surface area contributed by atoms with Gasteiger partial charge in [-0.3, -0.25) is 0 Å². The first-order valence-corrected chi connectivity index (χ1v) is 5.67. The number of ether oxygens (including phenoxy) is 1. The standard InChI is InChI=1S/C12H12N6O/c1-7-9-5-10(19-2)15-6-18(9)17-11(7)8-3-4-14-12(13)16-8/h3-6H,1-2H3,(H2,13,14,16). The summed E-state index contributed by atoms with van der Waals surface area (Å²) in [5, 5.41) is 4.45. The normalized spacial score (nSPS) is 10.8. The lowest BCUT2D eigenvalue weighted by Crippen LogP contribution is -1.96. The highest BCUT2D eigenvalue weighted by Gasteiger charge is 2.13. The van der Waals surface area contributed by atoms with Crippen molar-refractivity contribution in [3.8, 4) is 17.3 Å². The van der Waals surface area contributed by atoms with Gasteiger partial charge in [0.25, 0.3) is 0 Å². The quantitative estimate of drug-likeness (QED) is 0.737. The van der Waals surface area contributed by atoms with Gasteiger partial charge in [-0.05, 0) is 13.0 Å². The van der Waals surface area contributed by atoms with Gasteiger partial charge in [0.2, 0.25) is 11.8 Å². The summed E-state index contributed by atoms with van der Waals surface area (Å²) in [5.41, 5.74) is 8.94.